The molecule has 2 aromatic carbocycles. The SMILES string of the molecule is CN1CC[C@H](N(C)C(=O)c2ccc(-c3ccc4c(=O)[nH]ccc4c3)cc2)C1. The van der Waals surface area contributed by atoms with E-state index in [9.17, 15) is 9.59 Å². The molecule has 3 aromatic rings. The quantitative estimate of drug-likeness (QED) is 0.780. The maximum atomic E-state index is 12.8. The molecule has 4 rings (SSSR count). The van der Waals surface area contributed by atoms with Crippen molar-refractivity contribution in [3.63, 3.8) is 0 Å². The first-order valence-corrected chi connectivity index (χ1v) is 9.20. The highest BCUT2D eigenvalue weighted by Gasteiger charge is 2.26. The highest BCUT2D eigenvalue weighted by molar-refractivity contribution is 5.95. The summed E-state index contributed by atoms with van der Waals surface area (Å²) in [6.45, 7) is 1.96. The van der Waals surface area contributed by atoms with Gasteiger partial charge in [0.1, 0.15) is 0 Å². The Kier molecular flexibility index (Phi) is 4.54. The number of hydrogen-bond acceptors (Lipinski definition) is 3. The van der Waals surface area contributed by atoms with Gasteiger partial charge in [-0.2, -0.15) is 0 Å². The Morgan fingerprint density at radius 2 is 1.85 bits per heavy atom. The summed E-state index contributed by atoms with van der Waals surface area (Å²) in [7, 11) is 3.98. The van der Waals surface area contributed by atoms with Crippen molar-refractivity contribution < 1.29 is 4.79 Å². The number of aromatic amines is 1. The number of carbonyl (C=O) groups is 1. The first-order valence-electron chi connectivity index (χ1n) is 9.20. The predicted molar refractivity (Wildman–Crippen MR) is 108 cm³/mol. The molecule has 0 saturated carbocycles. The molecule has 5 heteroatoms. The van der Waals surface area contributed by atoms with Gasteiger partial charge in [0, 0.05) is 36.8 Å². The van der Waals surface area contributed by atoms with Crippen LogP contribution in [0.2, 0.25) is 0 Å². The Bertz CT molecular complexity index is 1040. The van der Waals surface area contributed by atoms with E-state index < -0.39 is 0 Å². The topological polar surface area (TPSA) is 56.4 Å². The summed E-state index contributed by atoms with van der Waals surface area (Å²) in [4.78, 5) is 31.4. The van der Waals surface area contributed by atoms with Crippen LogP contribution in [0.3, 0.4) is 0 Å². The molecule has 1 aliphatic heterocycles. The van der Waals surface area contributed by atoms with Crippen LogP contribution in [0.25, 0.3) is 21.9 Å². The first-order chi connectivity index (χ1) is 13.0. The number of nitrogens with one attached hydrogen (secondary N) is 1. The number of likely N-dealkylation sites (N-methyl/N-ethyl adjacent to an activating group) is 2. The molecule has 0 unspecified atom stereocenters. The van der Waals surface area contributed by atoms with Crippen LogP contribution in [0.4, 0.5) is 0 Å². The first kappa shape index (κ1) is 17.5. The van der Waals surface area contributed by atoms with Gasteiger partial charge in [-0.1, -0.05) is 18.2 Å². The maximum absolute atomic E-state index is 12.8. The lowest BCUT2D eigenvalue weighted by Crippen LogP contribution is -2.38. The van der Waals surface area contributed by atoms with E-state index >= 15 is 0 Å². The van der Waals surface area contributed by atoms with Gasteiger partial charge >= 0.3 is 0 Å². The van der Waals surface area contributed by atoms with E-state index in [1.807, 2.05) is 60.5 Å². The Balaban J connectivity index is 1.57. The summed E-state index contributed by atoms with van der Waals surface area (Å²) in [5.74, 6) is 0.0619. The molecule has 0 spiro atoms. The third-order valence-electron chi connectivity index (χ3n) is 5.47. The number of pyridine rings is 1. The lowest BCUT2D eigenvalue weighted by molar-refractivity contribution is 0.0737. The zero-order valence-electron chi connectivity index (χ0n) is 15.6. The van der Waals surface area contributed by atoms with Crippen LogP contribution in [-0.2, 0) is 0 Å². The minimum absolute atomic E-state index is 0.0619. The van der Waals surface area contributed by atoms with Crippen LogP contribution >= 0.6 is 0 Å². The fourth-order valence-corrected chi connectivity index (χ4v) is 3.77. The second kappa shape index (κ2) is 7.00. The molecular weight excluding hydrogens is 338 g/mol. The summed E-state index contributed by atoms with van der Waals surface area (Å²) in [6, 6.07) is 15.7. The number of benzene rings is 2. The Labute approximate surface area is 158 Å². The van der Waals surface area contributed by atoms with Crippen LogP contribution in [0, 0.1) is 0 Å². The molecule has 138 valence electrons. The van der Waals surface area contributed by atoms with Crippen LogP contribution in [0.1, 0.15) is 16.8 Å². The van der Waals surface area contributed by atoms with Crippen LogP contribution in [-0.4, -0.2) is 53.9 Å². The molecule has 1 N–H and O–H groups in total. The van der Waals surface area contributed by atoms with Crippen molar-refractivity contribution in [2.24, 2.45) is 0 Å². The van der Waals surface area contributed by atoms with E-state index in [4.69, 9.17) is 0 Å². The highest BCUT2D eigenvalue weighted by Crippen LogP contribution is 2.24. The lowest BCUT2D eigenvalue weighted by Gasteiger charge is -2.24. The van der Waals surface area contributed by atoms with Crippen LogP contribution < -0.4 is 5.56 Å². The smallest absolute Gasteiger partial charge is 0.255 e. The van der Waals surface area contributed by atoms with Crippen LogP contribution in [0.15, 0.2) is 59.5 Å². The van der Waals surface area contributed by atoms with Crippen molar-refractivity contribution >= 4 is 16.7 Å². The molecule has 1 saturated heterocycles. The van der Waals surface area contributed by atoms with Crippen molar-refractivity contribution in [3.8, 4) is 11.1 Å². The average molecular weight is 361 g/mol. The lowest BCUT2D eigenvalue weighted by atomic mass is 10.0. The van der Waals surface area contributed by atoms with Gasteiger partial charge in [-0.05, 0) is 66.9 Å². The fourth-order valence-electron chi connectivity index (χ4n) is 3.77. The summed E-state index contributed by atoms with van der Waals surface area (Å²) >= 11 is 0. The molecule has 5 nitrogen and oxygen atoms in total. The zero-order valence-corrected chi connectivity index (χ0v) is 15.6. The Morgan fingerprint density at radius 3 is 2.56 bits per heavy atom. The molecule has 2 heterocycles. The largest absolute Gasteiger partial charge is 0.337 e. The number of aromatic nitrogens is 1. The number of nitrogens with zero attached hydrogens (tertiary/aromatic N) is 2. The Hall–Kier alpha value is -2.92. The maximum Gasteiger partial charge on any atom is 0.255 e. The number of amides is 1. The summed E-state index contributed by atoms with van der Waals surface area (Å²) in [6.07, 6.45) is 2.68. The molecule has 1 atom stereocenters. The van der Waals surface area contributed by atoms with Crippen molar-refractivity contribution in [2.75, 3.05) is 27.2 Å². The number of fused-ring (bicyclic) bond motifs is 1. The standard InChI is InChI=1S/C22H23N3O2/c1-24-12-10-19(14-24)25(2)22(27)16-5-3-15(4-6-16)17-7-8-20-18(13-17)9-11-23-21(20)26/h3-9,11,13,19H,10,12,14H2,1-2H3,(H,23,26)/t19-/m0/s1. The molecule has 0 bridgehead atoms. The fraction of sp³-hybridized carbons (Fsp3) is 0.273. The third kappa shape index (κ3) is 3.38. The Morgan fingerprint density at radius 1 is 1.11 bits per heavy atom. The average Bonchev–Trinajstić information content (AvgIpc) is 3.13. The van der Waals surface area contributed by atoms with Crippen molar-refractivity contribution in [1.82, 2.24) is 14.8 Å². The molecule has 1 fully saturated rings. The van der Waals surface area contributed by atoms with Crippen molar-refractivity contribution in [1.29, 1.82) is 0 Å². The second-order valence-electron chi connectivity index (χ2n) is 7.31. The highest BCUT2D eigenvalue weighted by atomic mass is 16.2. The minimum atomic E-state index is -0.0828. The van der Waals surface area contributed by atoms with E-state index in [1.165, 1.54) is 0 Å². The monoisotopic (exact) mass is 361 g/mol. The van der Waals surface area contributed by atoms with Gasteiger partial charge in [-0.3, -0.25) is 9.59 Å². The van der Waals surface area contributed by atoms with Gasteiger partial charge in [0.25, 0.3) is 11.5 Å². The molecule has 27 heavy (non-hydrogen) atoms. The van der Waals surface area contributed by atoms with Gasteiger partial charge in [-0.25, -0.2) is 0 Å². The normalized spacial score (nSPS) is 17.3. The van der Waals surface area contributed by atoms with E-state index in [-0.39, 0.29) is 17.5 Å². The van der Waals surface area contributed by atoms with E-state index in [0.29, 0.717) is 10.9 Å². The van der Waals surface area contributed by atoms with E-state index in [2.05, 4.69) is 16.9 Å². The van der Waals surface area contributed by atoms with Gasteiger partial charge in [-0.15, -0.1) is 0 Å². The molecule has 1 aliphatic rings. The summed E-state index contributed by atoms with van der Waals surface area (Å²) in [5.41, 5.74) is 2.67. The molecule has 0 radical (unpaired) electrons. The number of carbonyl (C=O) groups excluding carboxylic acids is 1. The number of rotatable bonds is 3. The zero-order chi connectivity index (χ0) is 19.0. The number of hydrogen-bond donors (Lipinski definition) is 1. The minimum Gasteiger partial charge on any atom is -0.337 e. The van der Waals surface area contributed by atoms with Gasteiger partial charge < -0.3 is 14.8 Å². The van der Waals surface area contributed by atoms with Gasteiger partial charge in [0.15, 0.2) is 0 Å². The van der Waals surface area contributed by atoms with E-state index in [1.54, 1.807) is 6.20 Å². The van der Waals surface area contributed by atoms with E-state index in [0.717, 1.165) is 36.0 Å². The summed E-state index contributed by atoms with van der Waals surface area (Å²) < 4.78 is 0. The number of likely N-dealkylation sites (tertiary alicyclic amines) is 1. The van der Waals surface area contributed by atoms with Crippen molar-refractivity contribution in [2.45, 2.75) is 12.5 Å². The van der Waals surface area contributed by atoms with Crippen LogP contribution in [0.5, 0.6) is 0 Å². The molecule has 1 aromatic heterocycles. The van der Waals surface area contributed by atoms with Crippen molar-refractivity contribution in [3.05, 3.63) is 70.6 Å². The predicted octanol–water partition coefficient (Wildman–Crippen LogP) is 2.97. The molecular formula is C22H23N3O2. The van der Waals surface area contributed by atoms with Gasteiger partial charge in [0.2, 0.25) is 0 Å². The van der Waals surface area contributed by atoms with Gasteiger partial charge in [0.05, 0.1) is 0 Å². The summed E-state index contributed by atoms with van der Waals surface area (Å²) in [5, 5.41) is 1.58. The third-order valence-corrected chi connectivity index (χ3v) is 5.47. The molecule has 1 amide bonds. The second-order valence-corrected chi connectivity index (χ2v) is 7.31. The molecule has 0 aliphatic carbocycles. The number of H-pyrrole nitrogens is 1.